The molecule has 23 heavy (non-hydrogen) atoms. The lowest BCUT2D eigenvalue weighted by molar-refractivity contribution is 0.899. The highest BCUT2D eigenvalue weighted by atomic mass is 35.5. The van der Waals surface area contributed by atoms with Crippen molar-refractivity contribution in [2.45, 2.75) is 26.2 Å². The summed E-state index contributed by atoms with van der Waals surface area (Å²) in [5, 5.41) is 0.736. The number of benzene rings is 1. The van der Waals surface area contributed by atoms with E-state index >= 15 is 0 Å². The van der Waals surface area contributed by atoms with E-state index in [9.17, 15) is 0 Å². The second-order valence-electron chi connectivity index (χ2n) is 5.85. The Balaban J connectivity index is 1.90. The van der Waals surface area contributed by atoms with Gasteiger partial charge in [-0.3, -0.25) is 0 Å². The van der Waals surface area contributed by atoms with Crippen LogP contribution in [-0.2, 0) is 12.8 Å². The van der Waals surface area contributed by atoms with Gasteiger partial charge >= 0.3 is 0 Å². The number of aryl methyl sites for hydroxylation is 2. The molecule has 0 saturated carbocycles. The standard InChI is InChI=1S/C19H16ClN3/c1-12-4-2-7-17(21-12)19-22-16-6-3-5-15(16)18(23-19)13-8-10-14(20)11-9-13/h2,4,7-11H,3,5-6H2,1H3. The molecule has 0 bridgehead atoms. The maximum Gasteiger partial charge on any atom is 0.178 e. The summed E-state index contributed by atoms with van der Waals surface area (Å²) in [5.41, 5.74) is 6.33. The molecule has 114 valence electrons. The molecule has 3 nitrogen and oxygen atoms in total. The van der Waals surface area contributed by atoms with Crippen LogP contribution >= 0.6 is 11.6 Å². The van der Waals surface area contributed by atoms with Gasteiger partial charge in [0, 0.05) is 27.5 Å². The number of nitrogens with zero attached hydrogens (tertiary/aromatic N) is 3. The molecule has 2 aromatic heterocycles. The molecular formula is C19H16ClN3. The lowest BCUT2D eigenvalue weighted by Gasteiger charge is -2.10. The van der Waals surface area contributed by atoms with Gasteiger partial charge in [-0.05, 0) is 50.5 Å². The Morgan fingerprint density at radius 2 is 1.74 bits per heavy atom. The van der Waals surface area contributed by atoms with Crippen molar-refractivity contribution >= 4 is 11.6 Å². The van der Waals surface area contributed by atoms with Crippen molar-refractivity contribution in [1.82, 2.24) is 15.0 Å². The van der Waals surface area contributed by atoms with Gasteiger partial charge in [-0.15, -0.1) is 0 Å². The van der Waals surface area contributed by atoms with E-state index in [1.165, 1.54) is 5.56 Å². The van der Waals surface area contributed by atoms with Crippen molar-refractivity contribution in [1.29, 1.82) is 0 Å². The fourth-order valence-corrected chi connectivity index (χ4v) is 3.19. The van der Waals surface area contributed by atoms with Crippen LogP contribution in [0.3, 0.4) is 0 Å². The maximum atomic E-state index is 6.02. The van der Waals surface area contributed by atoms with Crippen molar-refractivity contribution in [2.24, 2.45) is 0 Å². The van der Waals surface area contributed by atoms with E-state index in [1.54, 1.807) is 0 Å². The number of aromatic nitrogens is 3. The molecule has 2 heterocycles. The van der Waals surface area contributed by atoms with E-state index in [4.69, 9.17) is 21.6 Å². The molecule has 4 rings (SSSR count). The zero-order valence-electron chi connectivity index (χ0n) is 12.9. The summed E-state index contributed by atoms with van der Waals surface area (Å²) < 4.78 is 0. The second kappa shape index (κ2) is 5.74. The first-order valence-corrected chi connectivity index (χ1v) is 8.18. The average molecular weight is 322 g/mol. The quantitative estimate of drug-likeness (QED) is 0.689. The van der Waals surface area contributed by atoms with Crippen LogP contribution in [0.5, 0.6) is 0 Å². The second-order valence-corrected chi connectivity index (χ2v) is 6.28. The van der Waals surface area contributed by atoms with Crippen molar-refractivity contribution < 1.29 is 0 Å². The molecule has 1 aromatic carbocycles. The van der Waals surface area contributed by atoms with Crippen LogP contribution in [0, 0.1) is 6.92 Å². The monoisotopic (exact) mass is 321 g/mol. The lowest BCUT2D eigenvalue weighted by Crippen LogP contribution is -2.01. The lowest BCUT2D eigenvalue weighted by atomic mass is 10.0. The molecule has 0 saturated heterocycles. The predicted molar refractivity (Wildman–Crippen MR) is 92.5 cm³/mol. The molecular weight excluding hydrogens is 306 g/mol. The third-order valence-electron chi connectivity index (χ3n) is 4.17. The Kier molecular flexibility index (Phi) is 3.58. The minimum absolute atomic E-state index is 0.708. The highest BCUT2D eigenvalue weighted by Crippen LogP contribution is 2.32. The molecule has 0 amide bonds. The van der Waals surface area contributed by atoms with Crippen LogP contribution in [0.15, 0.2) is 42.5 Å². The van der Waals surface area contributed by atoms with E-state index in [2.05, 4.69) is 4.98 Å². The van der Waals surface area contributed by atoms with Gasteiger partial charge < -0.3 is 0 Å². The number of hydrogen-bond donors (Lipinski definition) is 0. The first-order chi connectivity index (χ1) is 11.2. The van der Waals surface area contributed by atoms with Crippen molar-refractivity contribution in [2.75, 3.05) is 0 Å². The van der Waals surface area contributed by atoms with Gasteiger partial charge in [0.25, 0.3) is 0 Å². The van der Waals surface area contributed by atoms with E-state index in [1.807, 2.05) is 49.4 Å². The molecule has 0 atom stereocenters. The highest BCUT2D eigenvalue weighted by molar-refractivity contribution is 6.30. The van der Waals surface area contributed by atoms with Gasteiger partial charge in [-0.1, -0.05) is 29.8 Å². The highest BCUT2D eigenvalue weighted by Gasteiger charge is 2.21. The van der Waals surface area contributed by atoms with Gasteiger partial charge in [-0.2, -0.15) is 0 Å². The van der Waals surface area contributed by atoms with Gasteiger partial charge in [0.1, 0.15) is 5.69 Å². The minimum Gasteiger partial charge on any atom is -0.250 e. The summed E-state index contributed by atoms with van der Waals surface area (Å²) >= 11 is 6.02. The Morgan fingerprint density at radius 1 is 0.913 bits per heavy atom. The fraction of sp³-hybridized carbons (Fsp3) is 0.211. The summed E-state index contributed by atoms with van der Waals surface area (Å²) in [7, 11) is 0. The fourth-order valence-electron chi connectivity index (χ4n) is 3.06. The zero-order chi connectivity index (χ0) is 15.8. The van der Waals surface area contributed by atoms with Gasteiger partial charge in [0.2, 0.25) is 0 Å². The largest absolute Gasteiger partial charge is 0.250 e. The van der Waals surface area contributed by atoms with Gasteiger partial charge in [0.05, 0.1) is 5.69 Å². The first-order valence-electron chi connectivity index (χ1n) is 7.80. The summed E-state index contributed by atoms with van der Waals surface area (Å²) in [6.07, 6.45) is 3.18. The molecule has 1 aliphatic rings. The molecule has 0 radical (unpaired) electrons. The first kappa shape index (κ1) is 14.3. The zero-order valence-corrected chi connectivity index (χ0v) is 13.6. The van der Waals surface area contributed by atoms with Crippen LogP contribution in [0.2, 0.25) is 5.02 Å². The number of fused-ring (bicyclic) bond motifs is 1. The molecule has 1 aliphatic carbocycles. The van der Waals surface area contributed by atoms with Crippen molar-refractivity contribution in [3.8, 4) is 22.8 Å². The SMILES string of the molecule is Cc1cccc(-c2nc3c(c(-c4ccc(Cl)cc4)n2)CCC3)n1. The van der Waals surface area contributed by atoms with Crippen molar-refractivity contribution in [3.63, 3.8) is 0 Å². The molecule has 0 unspecified atom stereocenters. The van der Waals surface area contributed by atoms with Crippen LogP contribution < -0.4 is 0 Å². The summed E-state index contributed by atoms with van der Waals surface area (Å²) in [4.78, 5) is 14.2. The number of halogens is 1. The topological polar surface area (TPSA) is 38.7 Å². The molecule has 0 spiro atoms. The van der Waals surface area contributed by atoms with E-state index in [0.29, 0.717) is 5.82 Å². The van der Waals surface area contributed by atoms with Gasteiger partial charge in [-0.25, -0.2) is 15.0 Å². The third-order valence-corrected chi connectivity index (χ3v) is 4.42. The molecule has 0 fully saturated rings. The molecule has 3 aromatic rings. The van der Waals surface area contributed by atoms with E-state index in [-0.39, 0.29) is 0 Å². The molecule has 0 aliphatic heterocycles. The summed E-state index contributed by atoms with van der Waals surface area (Å²) in [6.45, 7) is 1.98. The van der Waals surface area contributed by atoms with E-state index < -0.39 is 0 Å². The number of rotatable bonds is 2. The Hall–Kier alpha value is -2.26. The van der Waals surface area contributed by atoms with Crippen LogP contribution in [0.4, 0.5) is 0 Å². The summed E-state index contributed by atoms with van der Waals surface area (Å²) in [6, 6.07) is 13.8. The number of pyridine rings is 1. The average Bonchev–Trinajstić information content (AvgIpc) is 3.03. The minimum atomic E-state index is 0.708. The predicted octanol–water partition coefficient (Wildman–Crippen LogP) is 4.66. The normalized spacial score (nSPS) is 13.1. The maximum absolute atomic E-state index is 6.02. The molecule has 0 N–H and O–H groups in total. The third kappa shape index (κ3) is 2.73. The van der Waals surface area contributed by atoms with Crippen molar-refractivity contribution in [3.05, 3.63) is 64.4 Å². The Bertz CT molecular complexity index is 872. The number of hydrogen-bond acceptors (Lipinski definition) is 3. The van der Waals surface area contributed by atoms with Crippen LogP contribution in [0.1, 0.15) is 23.4 Å². The Labute approximate surface area is 140 Å². The van der Waals surface area contributed by atoms with Crippen LogP contribution in [0.25, 0.3) is 22.8 Å². The van der Waals surface area contributed by atoms with E-state index in [0.717, 1.165) is 52.6 Å². The van der Waals surface area contributed by atoms with Gasteiger partial charge in [0.15, 0.2) is 5.82 Å². The summed E-state index contributed by atoms with van der Waals surface area (Å²) in [5.74, 6) is 0.708. The smallest absolute Gasteiger partial charge is 0.178 e. The Morgan fingerprint density at radius 3 is 2.52 bits per heavy atom. The van der Waals surface area contributed by atoms with Crippen LogP contribution in [-0.4, -0.2) is 15.0 Å². The molecule has 4 heteroatoms.